The number of nitrogens with one attached hydrogen (secondary N) is 1. The molecule has 1 aliphatic heterocycles. The van der Waals surface area contributed by atoms with Crippen LogP contribution in [0.15, 0.2) is 42.5 Å². The van der Waals surface area contributed by atoms with E-state index in [0.717, 1.165) is 37.3 Å². The Hall–Kier alpha value is -2.66. The van der Waals surface area contributed by atoms with E-state index in [1.807, 2.05) is 0 Å². The molecule has 134 valence electrons. The molecule has 1 aliphatic rings. The highest BCUT2D eigenvalue weighted by atomic mass is 16.5. The number of fused-ring (bicyclic) bond motifs is 2. The number of benzene rings is 2. The monoisotopic (exact) mass is 349 g/mol. The highest BCUT2D eigenvalue weighted by Gasteiger charge is 2.26. The van der Waals surface area contributed by atoms with Crippen LogP contribution in [0.1, 0.15) is 40.2 Å². The number of hydrogen-bond donors (Lipinski definition) is 1. The average molecular weight is 349 g/mol. The van der Waals surface area contributed by atoms with Crippen LogP contribution in [-0.2, 0) is 17.7 Å². The number of rotatable bonds is 4. The number of carbonyl (C=O) groups excluding carboxylic acids is 1. The first-order valence-electron chi connectivity index (χ1n) is 9.01. The van der Waals surface area contributed by atoms with Crippen molar-refractivity contribution in [3.05, 3.63) is 65.0 Å². The van der Waals surface area contributed by atoms with E-state index in [9.17, 15) is 4.79 Å². The molecule has 26 heavy (non-hydrogen) atoms. The zero-order valence-corrected chi connectivity index (χ0v) is 15.2. The molecule has 0 amide bonds. The van der Waals surface area contributed by atoms with Gasteiger partial charge in [-0.15, -0.1) is 0 Å². The summed E-state index contributed by atoms with van der Waals surface area (Å²) in [5, 5.41) is 9.69. The predicted octanol–water partition coefficient (Wildman–Crippen LogP) is 3.51. The van der Waals surface area contributed by atoms with Crippen molar-refractivity contribution in [1.82, 2.24) is 15.1 Å². The minimum Gasteiger partial charge on any atom is -0.464 e. The topological polar surface area (TPSA) is 58.2 Å². The van der Waals surface area contributed by atoms with Crippen molar-refractivity contribution in [2.24, 2.45) is 0 Å². The van der Waals surface area contributed by atoms with Crippen molar-refractivity contribution in [2.45, 2.75) is 25.8 Å². The normalized spacial score (nSPS) is 15.6. The fraction of sp³-hybridized carbons (Fsp3) is 0.333. The molecule has 1 unspecified atom stereocenters. The Bertz CT molecular complexity index is 947. The van der Waals surface area contributed by atoms with E-state index in [1.54, 1.807) is 0 Å². The maximum Gasteiger partial charge on any atom is 0.358 e. The maximum absolute atomic E-state index is 11.9. The molecular formula is C21H23N3O2. The summed E-state index contributed by atoms with van der Waals surface area (Å²) in [4.78, 5) is 14.3. The number of esters is 1. The zero-order valence-electron chi connectivity index (χ0n) is 15.2. The van der Waals surface area contributed by atoms with Gasteiger partial charge in [-0.3, -0.25) is 10.00 Å². The summed E-state index contributed by atoms with van der Waals surface area (Å²) >= 11 is 0. The summed E-state index contributed by atoms with van der Waals surface area (Å²) in [6.07, 6.45) is 0.879. The summed E-state index contributed by atoms with van der Waals surface area (Å²) < 4.78 is 4.85. The van der Waals surface area contributed by atoms with Gasteiger partial charge in [0.15, 0.2) is 5.69 Å². The smallest absolute Gasteiger partial charge is 0.358 e. The number of nitrogens with zero attached hydrogens (tertiary/aromatic N) is 2. The number of carbonyl (C=O) groups is 1. The molecule has 5 nitrogen and oxygen atoms in total. The first-order valence-corrected chi connectivity index (χ1v) is 9.01. The minimum absolute atomic E-state index is 0.369. The minimum atomic E-state index is -0.369. The molecule has 0 aliphatic carbocycles. The van der Waals surface area contributed by atoms with Crippen LogP contribution in [0, 0.1) is 0 Å². The lowest BCUT2D eigenvalue weighted by atomic mass is 9.96. The van der Waals surface area contributed by atoms with Gasteiger partial charge in [-0.2, -0.15) is 5.10 Å². The molecule has 0 bridgehead atoms. The Morgan fingerprint density at radius 2 is 2.08 bits per heavy atom. The van der Waals surface area contributed by atoms with Crippen molar-refractivity contribution in [1.29, 1.82) is 0 Å². The first kappa shape index (κ1) is 16.8. The SMILES string of the molecule is COC(=O)c1n[nH]c2c1CN(CC(C)c1ccc3ccccc3c1)CC2. The molecule has 0 radical (unpaired) electrons. The molecular weight excluding hydrogens is 326 g/mol. The van der Waals surface area contributed by atoms with E-state index >= 15 is 0 Å². The number of aromatic amines is 1. The van der Waals surface area contributed by atoms with E-state index in [4.69, 9.17) is 4.74 Å². The second-order valence-electron chi connectivity index (χ2n) is 7.01. The van der Waals surface area contributed by atoms with Crippen LogP contribution in [0.5, 0.6) is 0 Å². The van der Waals surface area contributed by atoms with Crippen LogP contribution in [0.25, 0.3) is 10.8 Å². The highest BCUT2D eigenvalue weighted by molar-refractivity contribution is 5.89. The third kappa shape index (κ3) is 3.10. The summed E-state index contributed by atoms with van der Waals surface area (Å²) in [5.41, 5.74) is 3.80. The Kier molecular flexibility index (Phi) is 4.47. The number of H-pyrrole nitrogens is 1. The molecule has 0 fully saturated rings. The molecule has 2 heterocycles. The number of ether oxygens (including phenoxy) is 1. The van der Waals surface area contributed by atoms with E-state index in [-0.39, 0.29) is 5.97 Å². The Morgan fingerprint density at radius 1 is 1.27 bits per heavy atom. The predicted molar refractivity (Wildman–Crippen MR) is 101 cm³/mol. The van der Waals surface area contributed by atoms with Crippen molar-refractivity contribution in [3.8, 4) is 0 Å². The van der Waals surface area contributed by atoms with E-state index in [0.29, 0.717) is 11.6 Å². The van der Waals surface area contributed by atoms with Gasteiger partial charge >= 0.3 is 5.97 Å². The second-order valence-corrected chi connectivity index (χ2v) is 7.01. The lowest BCUT2D eigenvalue weighted by Crippen LogP contribution is -2.33. The van der Waals surface area contributed by atoms with Crippen molar-refractivity contribution in [3.63, 3.8) is 0 Å². The fourth-order valence-corrected chi connectivity index (χ4v) is 3.78. The third-order valence-corrected chi connectivity index (χ3v) is 5.27. The van der Waals surface area contributed by atoms with E-state index in [2.05, 4.69) is 64.5 Å². The molecule has 4 rings (SSSR count). The van der Waals surface area contributed by atoms with Gasteiger partial charge in [0.2, 0.25) is 0 Å². The standard InChI is InChI=1S/C21H23N3O2/c1-14(16-8-7-15-5-3-4-6-17(15)11-16)12-24-10-9-19-18(13-24)20(23-22-19)21(25)26-2/h3-8,11,14H,9-10,12-13H2,1-2H3,(H,22,23). The third-order valence-electron chi connectivity index (χ3n) is 5.27. The first-order chi connectivity index (χ1) is 12.7. The lowest BCUT2D eigenvalue weighted by Gasteiger charge is -2.29. The fourth-order valence-electron chi connectivity index (χ4n) is 3.78. The van der Waals surface area contributed by atoms with Crippen LogP contribution in [0.4, 0.5) is 0 Å². The van der Waals surface area contributed by atoms with Crippen LogP contribution in [-0.4, -0.2) is 41.3 Å². The summed E-state index contributed by atoms with van der Waals surface area (Å²) in [6.45, 7) is 4.90. The van der Waals surface area contributed by atoms with Gasteiger partial charge in [0.05, 0.1) is 7.11 Å². The number of methoxy groups -OCH3 is 1. The van der Waals surface area contributed by atoms with Gasteiger partial charge < -0.3 is 4.74 Å². The average Bonchev–Trinajstić information content (AvgIpc) is 3.10. The highest BCUT2D eigenvalue weighted by Crippen LogP contribution is 2.26. The maximum atomic E-state index is 11.9. The van der Waals surface area contributed by atoms with Crippen LogP contribution in [0.2, 0.25) is 0 Å². The molecule has 5 heteroatoms. The van der Waals surface area contributed by atoms with E-state index < -0.39 is 0 Å². The summed E-state index contributed by atoms with van der Waals surface area (Å²) in [6, 6.07) is 15.2. The Balaban J connectivity index is 1.50. The zero-order chi connectivity index (χ0) is 18.1. The van der Waals surface area contributed by atoms with Crippen molar-refractivity contribution in [2.75, 3.05) is 20.2 Å². The Morgan fingerprint density at radius 3 is 2.88 bits per heavy atom. The lowest BCUT2D eigenvalue weighted by molar-refractivity contribution is 0.0591. The van der Waals surface area contributed by atoms with Gasteiger partial charge in [-0.1, -0.05) is 49.4 Å². The summed E-state index contributed by atoms with van der Waals surface area (Å²) in [7, 11) is 1.39. The van der Waals surface area contributed by atoms with Gasteiger partial charge in [-0.25, -0.2) is 4.79 Å². The van der Waals surface area contributed by atoms with E-state index in [1.165, 1.54) is 23.4 Å². The van der Waals surface area contributed by atoms with Gasteiger partial charge in [0.1, 0.15) is 0 Å². The molecule has 0 saturated heterocycles. The van der Waals surface area contributed by atoms with Gasteiger partial charge in [-0.05, 0) is 22.3 Å². The van der Waals surface area contributed by atoms with Crippen LogP contribution in [0.3, 0.4) is 0 Å². The van der Waals surface area contributed by atoms with Crippen LogP contribution < -0.4 is 0 Å². The molecule has 0 saturated carbocycles. The summed E-state index contributed by atoms with van der Waals surface area (Å²) in [5.74, 6) is 0.0431. The largest absolute Gasteiger partial charge is 0.464 e. The number of hydrogen-bond acceptors (Lipinski definition) is 4. The molecule has 1 N–H and O–H groups in total. The van der Waals surface area contributed by atoms with Crippen LogP contribution >= 0.6 is 0 Å². The van der Waals surface area contributed by atoms with Crippen molar-refractivity contribution < 1.29 is 9.53 Å². The van der Waals surface area contributed by atoms with Gasteiger partial charge in [0.25, 0.3) is 0 Å². The van der Waals surface area contributed by atoms with Gasteiger partial charge in [0, 0.05) is 37.3 Å². The number of aromatic nitrogens is 2. The van der Waals surface area contributed by atoms with Crippen molar-refractivity contribution >= 4 is 16.7 Å². The molecule has 2 aromatic carbocycles. The quantitative estimate of drug-likeness (QED) is 0.732. The second kappa shape index (κ2) is 6.92. The molecule has 1 atom stereocenters. The molecule has 3 aromatic rings. The molecule has 0 spiro atoms. The Labute approximate surface area is 153 Å². The molecule has 1 aromatic heterocycles.